The van der Waals surface area contributed by atoms with E-state index in [0.29, 0.717) is 12.0 Å². The van der Waals surface area contributed by atoms with E-state index in [-0.39, 0.29) is 6.10 Å². The minimum atomic E-state index is -0.0558. The van der Waals surface area contributed by atoms with Crippen LogP contribution in [0.5, 0.6) is 0 Å². The molecule has 0 radical (unpaired) electrons. The lowest BCUT2D eigenvalue weighted by molar-refractivity contribution is 0.125. The van der Waals surface area contributed by atoms with Crippen molar-refractivity contribution >= 4 is 0 Å². The molecule has 1 aromatic carbocycles. The van der Waals surface area contributed by atoms with Gasteiger partial charge in [-0.2, -0.15) is 0 Å². The Morgan fingerprint density at radius 2 is 2.00 bits per heavy atom. The molecule has 2 unspecified atom stereocenters. The summed E-state index contributed by atoms with van der Waals surface area (Å²) in [5.41, 5.74) is 2.96. The fourth-order valence-corrected chi connectivity index (χ4v) is 3.66. The van der Waals surface area contributed by atoms with E-state index >= 15 is 0 Å². The largest absolute Gasteiger partial charge is 0.393 e. The standard InChI is InChI=1S/C17H25NO/c1-12-5-2-3-7-16(12)14-9-15(10-14)18-11-13-6-4-8-17(13)19/h2-3,5,7,13-15,17-19H,4,6,8-11H2,1H3. The molecule has 0 bridgehead atoms. The highest BCUT2D eigenvalue weighted by atomic mass is 16.3. The Hall–Kier alpha value is -0.860. The Kier molecular flexibility index (Phi) is 3.90. The van der Waals surface area contributed by atoms with Crippen molar-refractivity contribution in [1.29, 1.82) is 0 Å². The normalized spacial score (nSPS) is 34.2. The average molecular weight is 259 g/mol. The van der Waals surface area contributed by atoms with Gasteiger partial charge in [-0.15, -0.1) is 0 Å². The van der Waals surface area contributed by atoms with Gasteiger partial charge in [0.05, 0.1) is 6.10 Å². The summed E-state index contributed by atoms with van der Waals surface area (Å²) in [6, 6.07) is 9.42. The number of hydrogen-bond acceptors (Lipinski definition) is 2. The highest BCUT2D eigenvalue weighted by Gasteiger charge is 2.32. The lowest BCUT2D eigenvalue weighted by Crippen LogP contribution is -2.43. The Morgan fingerprint density at radius 3 is 2.68 bits per heavy atom. The lowest BCUT2D eigenvalue weighted by Gasteiger charge is -2.38. The summed E-state index contributed by atoms with van der Waals surface area (Å²) < 4.78 is 0. The molecule has 3 rings (SSSR count). The van der Waals surface area contributed by atoms with Gasteiger partial charge in [0, 0.05) is 12.6 Å². The number of nitrogens with one attached hydrogen (secondary N) is 1. The van der Waals surface area contributed by atoms with Crippen molar-refractivity contribution in [3.05, 3.63) is 35.4 Å². The highest BCUT2D eigenvalue weighted by molar-refractivity contribution is 5.31. The molecule has 0 amide bonds. The van der Waals surface area contributed by atoms with Crippen LogP contribution in [-0.4, -0.2) is 23.8 Å². The predicted octanol–water partition coefficient (Wildman–Crippen LogP) is 2.99. The van der Waals surface area contributed by atoms with E-state index in [1.165, 1.54) is 36.8 Å². The number of rotatable bonds is 4. The number of aryl methyl sites for hydroxylation is 1. The zero-order chi connectivity index (χ0) is 13.2. The van der Waals surface area contributed by atoms with Crippen molar-refractivity contribution in [1.82, 2.24) is 5.32 Å². The summed E-state index contributed by atoms with van der Waals surface area (Å²) in [5.74, 6) is 1.24. The SMILES string of the molecule is Cc1ccccc1C1CC(NCC2CCCC2O)C1. The smallest absolute Gasteiger partial charge is 0.0580 e. The van der Waals surface area contributed by atoms with E-state index in [0.717, 1.165) is 18.9 Å². The van der Waals surface area contributed by atoms with E-state index in [9.17, 15) is 5.11 Å². The lowest BCUT2D eigenvalue weighted by atomic mass is 9.74. The Balaban J connectivity index is 1.44. The van der Waals surface area contributed by atoms with Crippen LogP contribution < -0.4 is 5.32 Å². The maximum atomic E-state index is 9.82. The van der Waals surface area contributed by atoms with Crippen LogP contribution in [0.4, 0.5) is 0 Å². The zero-order valence-corrected chi connectivity index (χ0v) is 11.8. The molecule has 0 heterocycles. The van der Waals surface area contributed by atoms with Crippen molar-refractivity contribution in [3.8, 4) is 0 Å². The fourth-order valence-electron chi connectivity index (χ4n) is 3.66. The molecule has 2 N–H and O–H groups in total. The van der Waals surface area contributed by atoms with E-state index in [4.69, 9.17) is 0 Å². The van der Waals surface area contributed by atoms with Crippen LogP contribution in [0.3, 0.4) is 0 Å². The molecule has 2 atom stereocenters. The first-order valence-corrected chi connectivity index (χ1v) is 7.71. The van der Waals surface area contributed by atoms with Gasteiger partial charge in [0.15, 0.2) is 0 Å². The summed E-state index contributed by atoms with van der Waals surface area (Å²) in [4.78, 5) is 0. The molecular weight excluding hydrogens is 234 g/mol. The molecule has 0 saturated heterocycles. The predicted molar refractivity (Wildman–Crippen MR) is 78.3 cm³/mol. The summed E-state index contributed by atoms with van der Waals surface area (Å²) in [6.45, 7) is 3.22. The number of benzene rings is 1. The Labute approximate surface area is 116 Å². The summed E-state index contributed by atoms with van der Waals surface area (Å²) in [7, 11) is 0. The van der Waals surface area contributed by atoms with E-state index in [1.807, 2.05) is 0 Å². The van der Waals surface area contributed by atoms with Crippen LogP contribution in [0.25, 0.3) is 0 Å². The maximum Gasteiger partial charge on any atom is 0.0580 e. The summed E-state index contributed by atoms with van der Waals surface area (Å²) >= 11 is 0. The van der Waals surface area contributed by atoms with E-state index in [1.54, 1.807) is 0 Å². The Morgan fingerprint density at radius 1 is 1.21 bits per heavy atom. The Bertz CT molecular complexity index is 425. The fraction of sp³-hybridized carbons (Fsp3) is 0.647. The van der Waals surface area contributed by atoms with Gasteiger partial charge >= 0.3 is 0 Å². The minimum Gasteiger partial charge on any atom is -0.393 e. The maximum absolute atomic E-state index is 9.82. The van der Waals surface area contributed by atoms with Gasteiger partial charge in [-0.3, -0.25) is 0 Å². The second-order valence-corrected chi connectivity index (χ2v) is 6.39. The van der Waals surface area contributed by atoms with Gasteiger partial charge in [0.1, 0.15) is 0 Å². The molecular formula is C17H25NO. The molecule has 0 spiro atoms. The van der Waals surface area contributed by atoms with Gasteiger partial charge in [-0.1, -0.05) is 30.7 Å². The molecule has 2 saturated carbocycles. The number of hydrogen-bond donors (Lipinski definition) is 2. The number of aliphatic hydroxyl groups excluding tert-OH is 1. The van der Waals surface area contributed by atoms with Crippen LogP contribution in [0.15, 0.2) is 24.3 Å². The quantitative estimate of drug-likeness (QED) is 0.871. The first-order chi connectivity index (χ1) is 9.24. The molecule has 104 valence electrons. The number of aliphatic hydroxyl groups is 1. The second kappa shape index (κ2) is 5.64. The zero-order valence-electron chi connectivity index (χ0n) is 11.8. The van der Waals surface area contributed by atoms with Crippen molar-refractivity contribution in [2.75, 3.05) is 6.54 Å². The van der Waals surface area contributed by atoms with Crippen molar-refractivity contribution in [2.45, 2.75) is 57.1 Å². The van der Waals surface area contributed by atoms with Crippen LogP contribution in [0, 0.1) is 12.8 Å². The highest BCUT2D eigenvalue weighted by Crippen LogP contribution is 2.38. The van der Waals surface area contributed by atoms with Gasteiger partial charge in [-0.05, 0) is 55.6 Å². The third kappa shape index (κ3) is 2.85. The summed E-state index contributed by atoms with van der Waals surface area (Å²) in [6.07, 6.45) is 5.86. The van der Waals surface area contributed by atoms with Gasteiger partial charge in [0.2, 0.25) is 0 Å². The molecule has 19 heavy (non-hydrogen) atoms. The molecule has 0 aliphatic heterocycles. The van der Waals surface area contributed by atoms with Crippen molar-refractivity contribution in [2.24, 2.45) is 5.92 Å². The van der Waals surface area contributed by atoms with Gasteiger partial charge in [0.25, 0.3) is 0 Å². The molecule has 1 aromatic rings. The second-order valence-electron chi connectivity index (χ2n) is 6.39. The van der Waals surface area contributed by atoms with E-state index in [2.05, 4.69) is 36.5 Å². The third-order valence-corrected chi connectivity index (χ3v) is 5.05. The van der Waals surface area contributed by atoms with Crippen molar-refractivity contribution in [3.63, 3.8) is 0 Å². The van der Waals surface area contributed by atoms with Gasteiger partial charge < -0.3 is 10.4 Å². The average Bonchev–Trinajstić information content (AvgIpc) is 2.75. The van der Waals surface area contributed by atoms with E-state index < -0.39 is 0 Å². The minimum absolute atomic E-state index is 0.0558. The molecule has 0 aromatic heterocycles. The van der Waals surface area contributed by atoms with Crippen LogP contribution >= 0.6 is 0 Å². The van der Waals surface area contributed by atoms with Crippen LogP contribution in [0.2, 0.25) is 0 Å². The molecule has 2 heteroatoms. The molecule has 2 aliphatic carbocycles. The first-order valence-electron chi connectivity index (χ1n) is 7.71. The first kappa shape index (κ1) is 13.1. The topological polar surface area (TPSA) is 32.3 Å². The third-order valence-electron chi connectivity index (χ3n) is 5.05. The van der Waals surface area contributed by atoms with Crippen molar-refractivity contribution < 1.29 is 5.11 Å². The van der Waals surface area contributed by atoms with Crippen LogP contribution in [-0.2, 0) is 0 Å². The van der Waals surface area contributed by atoms with Crippen LogP contribution in [0.1, 0.15) is 49.1 Å². The van der Waals surface area contributed by atoms with Gasteiger partial charge in [-0.25, -0.2) is 0 Å². The summed E-state index contributed by atoms with van der Waals surface area (Å²) in [5, 5.41) is 13.5. The monoisotopic (exact) mass is 259 g/mol. The molecule has 2 fully saturated rings. The molecule has 2 nitrogen and oxygen atoms in total. The molecule has 2 aliphatic rings.